The first-order valence-electron chi connectivity index (χ1n) is 6.97. The van der Waals surface area contributed by atoms with Crippen molar-refractivity contribution in [2.24, 2.45) is 12.1 Å². The van der Waals surface area contributed by atoms with E-state index >= 15 is 0 Å². The largest absolute Gasteiger partial charge is 0.494 e. The Balaban J connectivity index is 1.88. The van der Waals surface area contributed by atoms with Crippen molar-refractivity contribution in [1.29, 1.82) is 0 Å². The summed E-state index contributed by atoms with van der Waals surface area (Å²) in [6.45, 7) is 0. The fourth-order valence-electron chi connectivity index (χ4n) is 2.49. The van der Waals surface area contributed by atoms with Crippen molar-refractivity contribution < 1.29 is 10.0 Å². The van der Waals surface area contributed by atoms with Crippen LogP contribution in [-0.2, 0) is 7.05 Å². The van der Waals surface area contributed by atoms with Gasteiger partial charge in [-0.15, -0.1) is 0 Å². The third-order valence-corrected chi connectivity index (χ3v) is 4.22. The monoisotopic (exact) mass is 347 g/mol. The van der Waals surface area contributed by atoms with E-state index in [0.717, 1.165) is 5.56 Å². The van der Waals surface area contributed by atoms with Gasteiger partial charge in [-0.25, -0.2) is 0 Å². The zero-order chi connectivity index (χ0) is 17.4. The van der Waals surface area contributed by atoms with Crippen molar-refractivity contribution in [2.75, 3.05) is 0 Å². The molecule has 0 saturated carbocycles. The van der Waals surface area contributed by atoms with Gasteiger partial charge in [0, 0.05) is 25.6 Å². The van der Waals surface area contributed by atoms with Crippen molar-refractivity contribution >= 4 is 23.6 Å². The van der Waals surface area contributed by atoms with Gasteiger partial charge in [-0.05, 0) is 17.8 Å². The topological polar surface area (TPSA) is 126 Å². The van der Waals surface area contributed by atoms with Crippen LogP contribution in [0.3, 0.4) is 0 Å². The highest BCUT2D eigenvalue weighted by molar-refractivity contribution is 7.71. The van der Waals surface area contributed by atoms with Gasteiger partial charge in [0.25, 0.3) is 11.2 Å². The summed E-state index contributed by atoms with van der Waals surface area (Å²) in [5, 5.41) is 25.0. The number of benzene rings is 1. The summed E-state index contributed by atoms with van der Waals surface area (Å²) in [5.74, 6) is -0.256. The van der Waals surface area contributed by atoms with E-state index in [1.54, 1.807) is 12.1 Å². The van der Waals surface area contributed by atoms with Crippen molar-refractivity contribution in [3.05, 3.63) is 60.6 Å². The summed E-state index contributed by atoms with van der Waals surface area (Å²) >= 11 is 4.93. The number of nitrogens with one attached hydrogen (secondary N) is 2. The van der Waals surface area contributed by atoms with Crippen LogP contribution in [0.1, 0.15) is 23.6 Å². The number of nitrogens with zero attached hydrogens (tertiary/aromatic N) is 3. The van der Waals surface area contributed by atoms with Gasteiger partial charge in [-0.2, -0.15) is 5.10 Å². The SMILES string of the molecule is Cn1c(O)c(C2=NN[C@@H](c3ccc([N+](=O)[O-])cc3)C2)c(=O)[nH]c1=S. The highest BCUT2D eigenvalue weighted by Gasteiger charge is 2.26. The molecule has 124 valence electrons. The molecule has 0 amide bonds. The molecule has 0 spiro atoms. The fraction of sp³-hybridized carbons (Fsp3) is 0.214. The first-order chi connectivity index (χ1) is 11.4. The van der Waals surface area contributed by atoms with Gasteiger partial charge < -0.3 is 10.5 Å². The Hall–Kier alpha value is -3.01. The van der Waals surface area contributed by atoms with E-state index in [9.17, 15) is 20.0 Å². The van der Waals surface area contributed by atoms with Gasteiger partial charge in [-0.3, -0.25) is 24.5 Å². The van der Waals surface area contributed by atoms with Gasteiger partial charge in [-0.1, -0.05) is 12.1 Å². The average molecular weight is 347 g/mol. The molecule has 10 heteroatoms. The van der Waals surface area contributed by atoms with Crippen LogP contribution in [0.4, 0.5) is 5.69 Å². The molecule has 0 aliphatic carbocycles. The lowest BCUT2D eigenvalue weighted by atomic mass is 10.00. The Labute approximate surface area is 140 Å². The number of aromatic amines is 1. The van der Waals surface area contributed by atoms with Crippen molar-refractivity contribution in [1.82, 2.24) is 15.0 Å². The van der Waals surface area contributed by atoms with Gasteiger partial charge in [0.15, 0.2) is 4.77 Å². The van der Waals surface area contributed by atoms with Gasteiger partial charge in [0.05, 0.1) is 16.7 Å². The molecule has 1 atom stereocenters. The Morgan fingerprint density at radius 3 is 2.71 bits per heavy atom. The lowest BCUT2D eigenvalue weighted by Gasteiger charge is -2.10. The molecule has 1 aliphatic rings. The zero-order valence-corrected chi connectivity index (χ0v) is 13.3. The Bertz CT molecular complexity index is 961. The van der Waals surface area contributed by atoms with E-state index in [2.05, 4.69) is 15.5 Å². The second-order valence-corrected chi connectivity index (χ2v) is 5.70. The number of aromatic nitrogens is 2. The number of hydrogen-bond acceptors (Lipinski definition) is 7. The van der Waals surface area contributed by atoms with Crippen LogP contribution in [0.2, 0.25) is 0 Å². The molecule has 2 aromatic rings. The fourth-order valence-corrected chi connectivity index (χ4v) is 2.67. The third kappa shape index (κ3) is 2.67. The molecule has 3 N–H and O–H groups in total. The second-order valence-electron chi connectivity index (χ2n) is 5.31. The van der Waals surface area contributed by atoms with Crippen LogP contribution in [-0.4, -0.2) is 25.3 Å². The number of non-ortho nitro benzene ring substituents is 1. The van der Waals surface area contributed by atoms with Crippen molar-refractivity contribution in [3.8, 4) is 5.88 Å². The molecular formula is C14H13N5O4S. The molecule has 1 aliphatic heterocycles. The summed E-state index contributed by atoms with van der Waals surface area (Å²) < 4.78 is 1.40. The van der Waals surface area contributed by atoms with E-state index < -0.39 is 10.5 Å². The third-order valence-electron chi connectivity index (χ3n) is 3.84. The summed E-state index contributed by atoms with van der Waals surface area (Å²) in [5.41, 5.74) is 3.61. The molecule has 0 fully saturated rings. The summed E-state index contributed by atoms with van der Waals surface area (Å²) in [7, 11) is 1.54. The van der Waals surface area contributed by atoms with Gasteiger partial charge in [0.2, 0.25) is 5.88 Å². The van der Waals surface area contributed by atoms with E-state index in [0.29, 0.717) is 12.1 Å². The quantitative estimate of drug-likeness (QED) is 0.439. The zero-order valence-electron chi connectivity index (χ0n) is 12.5. The summed E-state index contributed by atoms with van der Waals surface area (Å²) in [6.07, 6.45) is 0.352. The lowest BCUT2D eigenvalue weighted by molar-refractivity contribution is -0.384. The smallest absolute Gasteiger partial charge is 0.269 e. The molecule has 2 heterocycles. The number of hydrazone groups is 1. The summed E-state index contributed by atoms with van der Waals surface area (Å²) in [4.78, 5) is 24.8. The maximum absolute atomic E-state index is 12.1. The minimum Gasteiger partial charge on any atom is -0.494 e. The van der Waals surface area contributed by atoms with Crippen LogP contribution >= 0.6 is 12.2 Å². The van der Waals surface area contributed by atoms with Crippen LogP contribution in [0.5, 0.6) is 5.88 Å². The Morgan fingerprint density at radius 2 is 2.08 bits per heavy atom. The van der Waals surface area contributed by atoms with E-state index in [-0.39, 0.29) is 27.9 Å². The molecule has 3 rings (SSSR count). The lowest BCUT2D eigenvalue weighted by Crippen LogP contribution is -2.21. The van der Waals surface area contributed by atoms with Crippen molar-refractivity contribution in [2.45, 2.75) is 12.5 Å². The highest BCUT2D eigenvalue weighted by Crippen LogP contribution is 2.27. The maximum atomic E-state index is 12.1. The summed E-state index contributed by atoms with van der Waals surface area (Å²) in [6, 6.07) is 5.83. The second kappa shape index (κ2) is 5.89. The standard InChI is InChI=1S/C14H13N5O4S/c1-18-13(21)11(12(20)15-14(18)24)10-6-9(16-17-10)7-2-4-8(5-3-7)19(22)23/h2-5,9,16,21H,6H2,1H3,(H,15,20,24)/t9-/m1/s1. The van der Waals surface area contributed by atoms with Crippen LogP contribution in [0.15, 0.2) is 34.2 Å². The number of aromatic hydroxyl groups is 1. The van der Waals surface area contributed by atoms with Crippen molar-refractivity contribution in [3.63, 3.8) is 0 Å². The predicted molar refractivity (Wildman–Crippen MR) is 88.7 cm³/mol. The Morgan fingerprint density at radius 1 is 1.42 bits per heavy atom. The molecule has 9 nitrogen and oxygen atoms in total. The molecule has 1 aromatic heterocycles. The van der Waals surface area contributed by atoms with Crippen LogP contribution in [0, 0.1) is 14.9 Å². The van der Waals surface area contributed by atoms with Gasteiger partial charge >= 0.3 is 0 Å². The van der Waals surface area contributed by atoms with E-state index in [4.69, 9.17) is 12.2 Å². The van der Waals surface area contributed by atoms with E-state index in [1.165, 1.54) is 23.7 Å². The predicted octanol–water partition coefficient (Wildman–Crippen LogP) is 1.50. The molecule has 24 heavy (non-hydrogen) atoms. The number of H-pyrrole nitrogens is 1. The minimum absolute atomic E-state index is 0.0000343. The normalized spacial score (nSPS) is 16.5. The average Bonchev–Trinajstić information content (AvgIpc) is 3.02. The van der Waals surface area contributed by atoms with Crippen LogP contribution < -0.4 is 11.0 Å². The van der Waals surface area contributed by atoms with E-state index in [1.807, 2.05) is 0 Å². The molecule has 0 bridgehead atoms. The number of rotatable bonds is 3. The highest BCUT2D eigenvalue weighted by atomic mass is 32.1. The number of nitro benzene ring substituents is 1. The number of nitro groups is 1. The Kier molecular flexibility index (Phi) is 3.89. The molecule has 0 unspecified atom stereocenters. The minimum atomic E-state index is -0.513. The maximum Gasteiger partial charge on any atom is 0.269 e. The molecular weight excluding hydrogens is 334 g/mol. The first kappa shape index (κ1) is 15.9. The van der Waals surface area contributed by atoms with Gasteiger partial charge in [0.1, 0.15) is 5.56 Å². The van der Waals surface area contributed by atoms with Crippen LogP contribution in [0.25, 0.3) is 0 Å². The molecule has 1 aromatic carbocycles. The number of hydrogen-bond donors (Lipinski definition) is 3. The molecule has 0 radical (unpaired) electrons. The molecule has 0 saturated heterocycles. The first-order valence-corrected chi connectivity index (χ1v) is 7.38.